The molecule has 142 valence electrons. The van der Waals surface area contributed by atoms with Gasteiger partial charge in [0.15, 0.2) is 0 Å². The van der Waals surface area contributed by atoms with Crippen molar-refractivity contribution in [3.63, 3.8) is 0 Å². The highest BCUT2D eigenvalue weighted by Crippen LogP contribution is 2.47. The van der Waals surface area contributed by atoms with Gasteiger partial charge in [-0.15, -0.1) is 0 Å². The van der Waals surface area contributed by atoms with E-state index in [1.807, 2.05) is 10.9 Å². The number of carbonyl (C=O) groups excluding carboxylic acids is 2. The van der Waals surface area contributed by atoms with Crippen molar-refractivity contribution in [2.75, 3.05) is 0 Å². The zero-order valence-corrected chi connectivity index (χ0v) is 16.1. The van der Waals surface area contributed by atoms with Crippen LogP contribution in [0.2, 0.25) is 0 Å². The van der Waals surface area contributed by atoms with Crippen LogP contribution < -0.4 is 11.1 Å². The number of nitrogens with zero attached hydrogens (tertiary/aromatic N) is 2. The van der Waals surface area contributed by atoms with Crippen LogP contribution in [-0.4, -0.2) is 21.6 Å². The summed E-state index contributed by atoms with van der Waals surface area (Å²) in [6, 6.07) is 8.10. The summed E-state index contributed by atoms with van der Waals surface area (Å²) in [5.74, 6) is -0.766. The third-order valence-electron chi connectivity index (χ3n) is 5.92. The lowest BCUT2D eigenvalue weighted by atomic mass is 9.74. The number of benzene rings is 1. The van der Waals surface area contributed by atoms with Gasteiger partial charge in [0.25, 0.3) is 0 Å². The number of aromatic nitrogens is 2. The van der Waals surface area contributed by atoms with Gasteiger partial charge in [0.2, 0.25) is 11.8 Å². The Labute approximate surface area is 159 Å². The summed E-state index contributed by atoms with van der Waals surface area (Å²) in [7, 11) is 0. The first-order valence-electron chi connectivity index (χ1n) is 9.47. The molecule has 1 saturated carbocycles. The standard InChI is InChI=1S/C21H26N4O2/c1-13-4-6-14(7-5-13)25-17-11-20(2,3)10-16(15(17)12-23-25)24-19(27)21(8-9-21)18(22)26/h4-7,12,16H,8-11H2,1-3H3,(H2,22,26)(H,24,27)/t16-/m1/s1. The number of fused-ring (bicyclic) bond motifs is 1. The minimum absolute atomic E-state index is 0.0108. The zero-order valence-electron chi connectivity index (χ0n) is 16.1. The van der Waals surface area contributed by atoms with Crippen molar-refractivity contribution in [3.05, 3.63) is 47.3 Å². The maximum atomic E-state index is 12.7. The van der Waals surface area contributed by atoms with Gasteiger partial charge >= 0.3 is 0 Å². The molecule has 2 amide bonds. The second-order valence-electron chi connectivity index (χ2n) is 8.81. The molecule has 0 spiro atoms. The second kappa shape index (κ2) is 5.94. The van der Waals surface area contributed by atoms with Crippen LogP contribution in [0, 0.1) is 17.8 Å². The third kappa shape index (κ3) is 3.03. The third-order valence-corrected chi connectivity index (χ3v) is 5.92. The number of nitrogens with two attached hydrogens (primary N) is 1. The van der Waals surface area contributed by atoms with Crippen LogP contribution in [-0.2, 0) is 16.0 Å². The summed E-state index contributed by atoms with van der Waals surface area (Å²) < 4.78 is 1.97. The van der Waals surface area contributed by atoms with Crippen LogP contribution >= 0.6 is 0 Å². The van der Waals surface area contributed by atoms with Crippen molar-refractivity contribution >= 4 is 11.8 Å². The highest BCUT2D eigenvalue weighted by molar-refractivity contribution is 6.07. The van der Waals surface area contributed by atoms with Crippen molar-refractivity contribution in [1.29, 1.82) is 0 Å². The van der Waals surface area contributed by atoms with Gasteiger partial charge in [-0.1, -0.05) is 31.5 Å². The van der Waals surface area contributed by atoms with Crippen molar-refractivity contribution in [2.45, 2.75) is 52.5 Å². The van der Waals surface area contributed by atoms with Crippen molar-refractivity contribution in [3.8, 4) is 5.69 Å². The summed E-state index contributed by atoms with van der Waals surface area (Å²) in [6.07, 6.45) is 4.61. The van der Waals surface area contributed by atoms with Gasteiger partial charge in [0.1, 0.15) is 5.41 Å². The molecule has 4 rings (SSSR count). The number of rotatable bonds is 4. The normalized spacial score (nSPS) is 22.0. The van der Waals surface area contributed by atoms with Crippen LogP contribution in [0.25, 0.3) is 5.69 Å². The van der Waals surface area contributed by atoms with E-state index in [2.05, 4.69) is 55.5 Å². The fraction of sp³-hybridized carbons (Fsp3) is 0.476. The van der Waals surface area contributed by atoms with E-state index in [-0.39, 0.29) is 17.4 Å². The zero-order chi connectivity index (χ0) is 19.4. The van der Waals surface area contributed by atoms with E-state index in [9.17, 15) is 9.59 Å². The maximum Gasteiger partial charge on any atom is 0.236 e. The van der Waals surface area contributed by atoms with Gasteiger partial charge < -0.3 is 11.1 Å². The first kappa shape index (κ1) is 17.8. The molecule has 0 saturated heterocycles. The molecule has 1 heterocycles. The lowest BCUT2D eigenvalue weighted by Gasteiger charge is -2.36. The van der Waals surface area contributed by atoms with E-state index >= 15 is 0 Å². The minimum Gasteiger partial charge on any atom is -0.369 e. The smallest absolute Gasteiger partial charge is 0.236 e. The van der Waals surface area contributed by atoms with Gasteiger partial charge in [0.05, 0.1) is 23.6 Å². The first-order chi connectivity index (χ1) is 12.7. The molecular formula is C21H26N4O2. The Morgan fingerprint density at radius 1 is 1.22 bits per heavy atom. The first-order valence-corrected chi connectivity index (χ1v) is 9.47. The van der Waals surface area contributed by atoms with Crippen molar-refractivity contribution in [1.82, 2.24) is 15.1 Å². The molecule has 1 atom stereocenters. The lowest BCUT2D eigenvalue weighted by Crippen LogP contribution is -2.44. The highest BCUT2D eigenvalue weighted by Gasteiger charge is 2.56. The largest absolute Gasteiger partial charge is 0.369 e. The number of primary amides is 1. The molecule has 1 fully saturated rings. The van der Waals surface area contributed by atoms with E-state index in [1.165, 1.54) is 5.56 Å². The minimum atomic E-state index is -1.01. The molecule has 2 aromatic rings. The average molecular weight is 366 g/mol. The molecule has 1 aromatic carbocycles. The number of carbonyl (C=O) groups is 2. The number of aryl methyl sites for hydroxylation is 1. The fourth-order valence-corrected chi connectivity index (χ4v) is 4.09. The van der Waals surface area contributed by atoms with Crippen LogP contribution in [0.4, 0.5) is 0 Å². The maximum absolute atomic E-state index is 12.7. The molecular weight excluding hydrogens is 340 g/mol. The Bertz CT molecular complexity index is 907. The van der Waals surface area contributed by atoms with Gasteiger partial charge in [-0.3, -0.25) is 9.59 Å². The quantitative estimate of drug-likeness (QED) is 0.815. The van der Waals surface area contributed by atoms with Crippen LogP contribution in [0.5, 0.6) is 0 Å². The van der Waals surface area contributed by atoms with Gasteiger partial charge in [-0.25, -0.2) is 4.68 Å². The predicted molar refractivity (Wildman–Crippen MR) is 102 cm³/mol. The molecule has 6 nitrogen and oxygen atoms in total. The van der Waals surface area contributed by atoms with Gasteiger partial charge in [-0.2, -0.15) is 5.10 Å². The lowest BCUT2D eigenvalue weighted by molar-refractivity contribution is -0.136. The predicted octanol–water partition coefficient (Wildman–Crippen LogP) is 2.58. The van der Waals surface area contributed by atoms with Crippen LogP contribution in [0.1, 0.15) is 56.0 Å². The number of hydrogen-bond donors (Lipinski definition) is 2. The Morgan fingerprint density at radius 3 is 2.48 bits per heavy atom. The summed E-state index contributed by atoms with van der Waals surface area (Å²) in [4.78, 5) is 24.4. The van der Waals surface area contributed by atoms with E-state index in [4.69, 9.17) is 5.73 Å². The molecule has 2 aliphatic rings. The topological polar surface area (TPSA) is 90.0 Å². The number of nitrogens with one attached hydrogen (secondary N) is 1. The Kier molecular flexibility index (Phi) is 3.91. The summed E-state index contributed by atoms with van der Waals surface area (Å²) in [6.45, 7) is 6.45. The molecule has 0 bridgehead atoms. The van der Waals surface area contributed by atoms with Crippen LogP contribution in [0.3, 0.4) is 0 Å². The Balaban J connectivity index is 1.67. The second-order valence-corrected chi connectivity index (χ2v) is 8.81. The van der Waals surface area contributed by atoms with Crippen LogP contribution in [0.15, 0.2) is 30.5 Å². The molecule has 0 radical (unpaired) electrons. The number of hydrogen-bond acceptors (Lipinski definition) is 3. The highest BCUT2D eigenvalue weighted by atomic mass is 16.2. The summed E-state index contributed by atoms with van der Waals surface area (Å²) in [5.41, 5.74) is 8.83. The van der Waals surface area contributed by atoms with E-state index in [1.54, 1.807) is 0 Å². The van der Waals surface area contributed by atoms with E-state index in [0.717, 1.165) is 29.8 Å². The average Bonchev–Trinajstić information content (AvgIpc) is 3.31. The monoisotopic (exact) mass is 366 g/mol. The van der Waals surface area contributed by atoms with Gasteiger partial charge in [0, 0.05) is 5.56 Å². The molecule has 1 aromatic heterocycles. The molecule has 27 heavy (non-hydrogen) atoms. The molecule has 0 unspecified atom stereocenters. The van der Waals surface area contributed by atoms with Crippen molar-refractivity contribution < 1.29 is 9.59 Å². The van der Waals surface area contributed by atoms with E-state index in [0.29, 0.717) is 12.8 Å². The van der Waals surface area contributed by atoms with Crippen molar-refractivity contribution in [2.24, 2.45) is 16.6 Å². The molecule has 6 heteroatoms. The van der Waals surface area contributed by atoms with Gasteiger partial charge in [-0.05, 0) is 50.2 Å². The number of amides is 2. The molecule has 2 aliphatic carbocycles. The summed E-state index contributed by atoms with van der Waals surface area (Å²) >= 11 is 0. The fourth-order valence-electron chi connectivity index (χ4n) is 4.09. The Hall–Kier alpha value is -2.63. The van der Waals surface area contributed by atoms with E-state index < -0.39 is 11.3 Å². The summed E-state index contributed by atoms with van der Waals surface area (Å²) in [5, 5.41) is 7.70. The molecule has 3 N–H and O–H groups in total. The SMILES string of the molecule is Cc1ccc(-n2ncc3c2CC(C)(C)C[C@H]3NC(=O)C2(C(N)=O)CC2)cc1. The Morgan fingerprint density at radius 2 is 1.89 bits per heavy atom. The molecule has 0 aliphatic heterocycles.